The molecule has 0 saturated carbocycles. The fourth-order valence-electron chi connectivity index (χ4n) is 3.35. The predicted molar refractivity (Wildman–Crippen MR) is 82.0 cm³/mol. The molecule has 2 nitrogen and oxygen atoms in total. The summed E-state index contributed by atoms with van der Waals surface area (Å²) in [4.78, 5) is 2.30. The Bertz CT molecular complexity index is 462. The van der Waals surface area contributed by atoms with Crippen LogP contribution in [-0.2, 0) is 0 Å². The van der Waals surface area contributed by atoms with E-state index in [2.05, 4.69) is 18.7 Å². The molecular formula is C17H26F2N2. The first-order valence-corrected chi connectivity index (χ1v) is 7.92. The van der Waals surface area contributed by atoms with Crippen LogP contribution in [0.1, 0.15) is 51.1 Å². The highest BCUT2D eigenvalue weighted by Gasteiger charge is 2.31. The van der Waals surface area contributed by atoms with E-state index in [0.29, 0.717) is 17.5 Å². The van der Waals surface area contributed by atoms with Gasteiger partial charge in [0.2, 0.25) is 0 Å². The molecule has 0 amide bonds. The molecule has 1 fully saturated rings. The number of rotatable bonds is 5. The second-order valence-electron chi connectivity index (χ2n) is 6.28. The first kappa shape index (κ1) is 16.4. The van der Waals surface area contributed by atoms with Crippen molar-refractivity contribution in [2.24, 2.45) is 11.1 Å². The van der Waals surface area contributed by atoms with Gasteiger partial charge in [0, 0.05) is 24.2 Å². The third-order valence-corrected chi connectivity index (χ3v) is 5.23. The third-order valence-electron chi connectivity index (χ3n) is 5.23. The van der Waals surface area contributed by atoms with Crippen molar-refractivity contribution in [1.82, 2.24) is 4.90 Å². The first-order chi connectivity index (χ1) is 9.99. The van der Waals surface area contributed by atoms with E-state index >= 15 is 0 Å². The molecule has 1 aliphatic rings. The van der Waals surface area contributed by atoms with E-state index < -0.39 is 17.7 Å². The van der Waals surface area contributed by atoms with E-state index in [-0.39, 0.29) is 0 Å². The zero-order valence-electron chi connectivity index (χ0n) is 13.0. The molecule has 1 aromatic rings. The van der Waals surface area contributed by atoms with E-state index in [1.165, 1.54) is 37.8 Å². The molecule has 1 unspecified atom stereocenters. The Morgan fingerprint density at radius 2 is 1.81 bits per heavy atom. The van der Waals surface area contributed by atoms with Crippen molar-refractivity contribution >= 4 is 0 Å². The molecule has 0 bridgehead atoms. The SMILES string of the molecule is CCC1(CC)CCN(CC(N)c2ccc(F)cc2F)CC1. The number of hydrogen-bond donors (Lipinski definition) is 1. The lowest BCUT2D eigenvalue weighted by atomic mass is 9.74. The van der Waals surface area contributed by atoms with Crippen molar-refractivity contribution in [3.8, 4) is 0 Å². The Morgan fingerprint density at radius 3 is 2.33 bits per heavy atom. The minimum Gasteiger partial charge on any atom is -0.323 e. The van der Waals surface area contributed by atoms with Crippen molar-refractivity contribution in [3.05, 3.63) is 35.4 Å². The minimum atomic E-state index is -0.558. The number of benzene rings is 1. The average molecular weight is 296 g/mol. The van der Waals surface area contributed by atoms with Crippen molar-refractivity contribution < 1.29 is 8.78 Å². The van der Waals surface area contributed by atoms with Crippen molar-refractivity contribution in [2.75, 3.05) is 19.6 Å². The number of likely N-dealkylation sites (tertiary alicyclic amines) is 1. The number of halogens is 2. The van der Waals surface area contributed by atoms with Gasteiger partial charge in [-0.05, 0) is 37.4 Å². The second kappa shape index (κ2) is 6.84. The lowest BCUT2D eigenvalue weighted by molar-refractivity contribution is 0.0912. The molecule has 1 aliphatic heterocycles. The fourth-order valence-corrected chi connectivity index (χ4v) is 3.35. The van der Waals surface area contributed by atoms with Gasteiger partial charge in [-0.25, -0.2) is 8.78 Å². The van der Waals surface area contributed by atoms with E-state index in [9.17, 15) is 8.78 Å². The quantitative estimate of drug-likeness (QED) is 0.894. The number of piperidine rings is 1. The van der Waals surface area contributed by atoms with Gasteiger partial charge in [0.05, 0.1) is 0 Å². The summed E-state index contributed by atoms with van der Waals surface area (Å²) >= 11 is 0. The van der Waals surface area contributed by atoms with Crippen LogP contribution < -0.4 is 5.73 Å². The summed E-state index contributed by atoms with van der Waals surface area (Å²) < 4.78 is 26.7. The monoisotopic (exact) mass is 296 g/mol. The van der Waals surface area contributed by atoms with Gasteiger partial charge in [-0.2, -0.15) is 0 Å². The Morgan fingerprint density at radius 1 is 1.19 bits per heavy atom. The number of nitrogens with zero attached hydrogens (tertiary/aromatic N) is 1. The second-order valence-corrected chi connectivity index (χ2v) is 6.28. The Kier molecular flexibility index (Phi) is 5.33. The molecule has 118 valence electrons. The van der Waals surface area contributed by atoms with Gasteiger partial charge in [-0.1, -0.05) is 32.8 Å². The predicted octanol–water partition coefficient (Wildman–Crippen LogP) is 3.87. The highest BCUT2D eigenvalue weighted by atomic mass is 19.1. The maximum atomic E-state index is 13.7. The largest absolute Gasteiger partial charge is 0.323 e. The van der Waals surface area contributed by atoms with Gasteiger partial charge < -0.3 is 10.6 Å². The average Bonchev–Trinajstić information content (AvgIpc) is 2.48. The molecule has 1 atom stereocenters. The van der Waals surface area contributed by atoms with Gasteiger partial charge >= 0.3 is 0 Å². The molecule has 1 saturated heterocycles. The van der Waals surface area contributed by atoms with Crippen LogP contribution in [0.25, 0.3) is 0 Å². The van der Waals surface area contributed by atoms with Crippen LogP contribution in [0, 0.1) is 17.0 Å². The molecule has 2 N–H and O–H groups in total. The molecular weight excluding hydrogens is 270 g/mol. The maximum absolute atomic E-state index is 13.7. The van der Waals surface area contributed by atoms with Gasteiger partial charge in [0.15, 0.2) is 0 Å². The summed E-state index contributed by atoms with van der Waals surface area (Å²) in [5, 5.41) is 0. The topological polar surface area (TPSA) is 29.3 Å². The molecule has 1 heterocycles. The maximum Gasteiger partial charge on any atom is 0.130 e. The van der Waals surface area contributed by atoms with Gasteiger partial charge in [0.25, 0.3) is 0 Å². The Hall–Kier alpha value is -1.00. The lowest BCUT2D eigenvalue weighted by Crippen LogP contribution is -2.42. The summed E-state index contributed by atoms with van der Waals surface area (Å²) in [5.41, 5.74) is 6.98. The van der Waals surface area contributed by atoms with Crippen LogP contribution in [-0.4, -0.2) is 24.5 Å². The summed E-state index contributed by atoms with van der Waals surface area (Å²) in [5.74, 6) is -1.10. The molecule has 0 radical (unpaired) electrons. The Balaban J connectivity index is 1.94. The lowest BCUT2D eigenvalue weighted by Gasteiger charge is -2.41. The van der Waals surface area contributed by atoms with Crippen molar-refractivity contribution in [1.29, 1.82) is 0 Å². The van der Waals surface area contributed by atoms with Crippen molar-refractivity contribution in [2.45, 2.75) is 45.6 Å². The minimum absolute atomic E-state index is 0.402. The third kappa shape index (κ3) is 3.80. The molecule has 0 aromatic heterocycles. The number of hydrogen-bond acceptors (Lipinski definition) is 2. The van der Waals surface area contributed by atoms with Gasteiger partial charge in [-0.15, -0.1) is 0 Å². The highest BCUT2D eigenvalue weighted by molar-refractivity contribution is 5.22. The summed E-state index contributed by atoms with van der Waals surface area (Å²) in [6.07, 6.45) is 4.79. The van der Waals surface area contributed by atoms with E-state index in [0.717, 1.165) is 19.2 Å². The van der Waals surface area contributed by atoms with Crippen LogP contribution in [0.4, 0.5) is 8.78 Å². The van der Waals surface area contributed by atoms with Gasteiger partial charge in [-0.3, -0.25) is 0 Å². The summed E-state index contributed by atoms with van der Waals surface area (Å²) in [7, 11) is 0. The molecule has 0 spiro atoms. The van der Waals surface area contributed by atoms with Crippen molar-refractivity contribution in [3.63, 3.8) is 0 Å². The summed E-state index contributed by atoms with van der Waals surface area (Å²) in [6, 6.07) is 3.24. The molecule has 2 rings (SSSR count). The highest BCUT2D eigenvalue weighted by Crippen LogP contribution is 2.38. The zero-order valence-corrected chi connectivity index (χ0v) is 13.0. The van der Waals surface area contributed by atoms with E-state index in [1.807, 2.05) is 0 Å². The van der Waals surface area contributed by atoms with Crippen LogP contribution >= 0.6 is 0 Å². The molecule has 0 aliphatic carbocycles. The van der Waals surface area contributed by atoms with Crippen LogP contribution in [0.15, 0.2) is 18.2 Å². The molecule has 21 heavy (non-hydrogen) atoms. The molecule has 1 aromatic carbocycles. The summed E-state index contributed by atoms with van der Waals surface area (Å²) in [6.45, 7) is 7.18. The van der Waals surface area contributed by atoms with E-state index in [1.54, 1.807) is 0 Å². The Labute approximate surface area is 126 Å². The first-order valence-electron chi connectivity index (χ1n) is 7.92. The normalized spacial score (nSPS) is 20.4. The van der Waals surface area contributed by atoms with E-state index in [4.69, 9.17) is 5.73 Å². The zero-order chi connectivity index (χ0) is 15.5. The van der Waals surface area contributed by atoms with Crippen LogP contribution in [0.5, 0.6) is 0 Å². The standard InChI is InChI=1S/C17H26F2N2/c1-3-17(4-2)7-9-21(10-8-17)12-16(20)14-6-5-13(18)11-15(14)19/h5-6,11,16H,3-4,7-10,12,20H2,1-2H3. The van der Waals surface area contributed by atoms with Crippen LogP contribution in [0.3, 0.4) is 0 Å². The van der Waals surface area contributed by atoms with Crippen LogP contribution in [0.2, 0.25) is 0 Å². The molecule has 4 heteroatoms. The number of nitrogens with two attached hydrogens (primary N) is 1. The van der Waals surface area contributed by atoms with Gasteiger partial charge in [0.1, 0.15) is 11.6 Å². The fraction of sp³-hybridized carbons (Fsp3) is 0.647. The smallest absolute Gasteiger partial charge is 0.130 e.